The van der Waals surface area contributed by atoms with E-state index in [1.54, 1.807) is 18.5 Å². The average molecular weight is 488 g/mol. The molecule has 9 nitrogen and oxygen atoms in total. The number of halogens is 3. The van der Waals surface area contributed by atoms with Crippen LogP contribution in [-0.2, 0) is 15.7 Å². The van der Waals surface area contributed by atoms with Crippen LogP contribution in [0.3, 0.4) is 0 Å². The summed E-state index contributed by atoms with van der Waals surface area (Å²) in [5.41, 5.74) is -1.38. The van der Waals surface area contributed by atoms with Gasteiger partial charge in [-0.2, -0.15) is 18.3 Å². The number of piperidine rings is 1. The largest absolute Gasteiger partial charge is 0.462 e. The molecular formula is C23H23F3N6O3. The highest BCUT2D eigenvalue weighted by Gasteiger charge is 2.41. The number of hydrogen-bond donors (Lipinski definition) is 1. The minimum atomic E-state index is -4.83. The van der Waals surface area contributed by atoms with Crippen molar-refractivity contribution < 1.29 is 27.5 Å². The lowest BCUT2D eigenvalue weighted by Gasteiger charge is -2.31. The maximum absolute atomic E-state index is 13.7. The summed E-state index contributed by atoms with van der Waals surface area (Å²) in [6.45, 7) is 2.66. The van der Waals surface area contributed by atoms with Crippen LogP contribution in [0.2, 0.25) is 0 Å². The van der Waals surface area contributed by atoms with Gasteiger partial charge in [-0.1, -0.05) is 0 Å². The average Bonchev–Trinajstić information content (AvgIpc) is 3.32. The molecule has 0 radical (unpaired) electrons. The smallest absolute Gasteiger partial charge is 0.434 e. The van der Waals surface area contributed by atoms with Crippen LogP contribution in [0.5, 0.6) is 0 Å². The number of carbonyl (C=O) groups is 2. The first-order valence-electron chi connectivity index (χ1n) is 11.0. The van der Waals surface area contributed by atoms with Crippen LogP contribution < -0.4 is 10.2 Å². The van der Waals surface area contributed by atoms with Gasteiger partial charge in [0.15, 0.2) is 5.69 Å². The molecule has 1 aliphatic heterocycles. The molecule has 1 atom stereocenters. The van der Waals surface area contributed by atoms with Crippen molar-refractivity contribution in [1.82, 2.24) is 19.7 Å². The minimum Gasteiger partial charge on any atom is -0.462 e. The Labute approximate surface area is 198 Å². The Hall–Kier alpha value is -3.96. The van der Waals surface area contributed by atoms with Gasteiger partial charge in [-0.25, -0.2) is 19.4 Å². The summed E-state index contributed by atoms with van der Waals surface area (Å²) in [5.74, 6) is -1.02. The number of nitrogens with one attached hydrogen (secondary N) is 1. The number of aromatic nitrogens is 4. The van der Waals surface area contributed by atoms with Crippen molar-refractivity contribution in [2.75, 3.05) is 29.9 Å². The number of alkyl halides is 3. The van der Waals surface area contributed by atoms with E-state index in [9.17, 15) is 22.8 Å². The van der Waals surface area contributed by atoms with Crippen LogP contribution in [0, 0.1) is 5.92 Å². The Morgan fingerprint density at radius 1 is 1.17 bits per heavy atom. The molecule has 0 saturated carbocycles. The summed E-state index contributed by atoms with van der Waals surface area (Å²) in [5, 5.41) is 6.56. The lowest BCUT2D eigenvalue weighted by atomic mass is 9.97. The molecule has 184 valence electrons. The van der Waals surface area contributed by atoms with Gasteiger partial charge in [0.2, 0.25) is 11.9 Å². The Balaban J connectivity index is 1.48. The maximum Gasteiger partial charge on any atom is 0.434 e. The van der Waals surface area contributed by atoms with Gasteiger partial charge in [0, 0.05) is 31.2 Å². The van der Waals surface area contributed by atoms with E-state index < -0.39 is 23.4 Å². The Morgan fingerprint density at radius 3 is 2.54 bits per heavy atom. The van der Waals surface area contributed by atoms with E-state index in [1.807, 2.05) is 4.90 Å². The summed E-state index contributed by atoms with van der Waals surface area (Å²) in [7, 11) is 0. The molecule has 1 N–H and O–H groups in total. The Kier molecular flexibility index (Phi) is 6.99. The molecule has 1 fully saturated rings. The quantitative estimate of drug-likeness (QED) is 0.528. The molecule has 35 heavy (non-hydrogen) atoms. The fourth-order valence-corrected chi connectivity index (χ4v) is 3.93. The van der Waals surface area contributed by atoms with Crippen LogP contribution >= 0.6 is 0 Å². The Bertz CT molecular complexity index is 1180. The number of rotatable bonds is 6. The second kappa shape index (κ2) is 10.1. The number of nitrogens with zero attached hydrogens (tertiary/aromatic N) is 5. The van der Waals surface area contributed by atoms with Gasteiger partial charge in [0.25, 0.3) is 0 Å². The third-order valence-electron chi connectivity index (χ3n) is 5.54. The van der Waals surface area contributed by atoms with Crippen molar-refractivity contribution in [2.24, 2.45) is 5.92 Å². The third-order valence-corrected chi connectivity index (χ3v) is 5.54. The summed E-state index contributed by atoms with van der Waals surface area (Å²) in [6, 6.07) is 7.47. The van der Waals surface area contributed by atoms with E-state index in [4.69, 9.17) is 4.74 Å². The zero-order valence-corrected chi connectivity index (χ0v) is 18.8. The zero-order valence-electron chi connectivity index (χ0n) is 18.8. The van der Waals surface area contributed by atoms with Gasteiger partial charge >= 0.3 is 12.1 Å². The molecule has 0 bridgehead atoms. The molecule has 3 aromatic rings. The monoisotopic (exact) mass is 488 g/mol. The van der Waals surface area contributed by atoms with Crippen molar-refractivity contribution in [3.8, 4) is 5.69 Å². The van der Waals surface area contributed by atoms with Crippen molar-refractivity contribution in [3.63, 3.8) is 0 Å². The molecule has 1 aromatic carbocycles. The van der Waals surface area contributed by atoms with Crippen molar-refractivity contribution >= 4 is 23.5 Å². The van der Waals surface area contributed by atoms with E-state index >= 15 is 0 Å². The van der Waals surface area contributed by atoms with Crippen molar-refractivity contribution in [2.45, 2.75) is 25.9 Å². The molecule has 1 aliphatic rings. The number of amides is 1. The van der Waals surface area contributed by atoms with Gasteiger partial charge < -0.3 is 15.0 Å². The third kappa shape index (κ3) is 5.42. The fraction of sp³-hybridized carbons (Fsp3) is 0.348. The van der Waals surface area contributed by atoms with Crippen LogP contribution in [-0.4, -0.2) is 51.3 Å². The number of esters is 1. The van der Waals surface area contributed by atoms with Crippen molar-refractivity contribution in [1.29, 1.82) is 0 Å². The van der Waals surface area contributed by atoms with Gasteiger partial charge in [-0.15, -0.1) is 0 Å². The number of ether oxygens (including phenoxy) is 1. The zero-order chi connectivity index (χ0) is 25.0. The topological polar surface area (TPSA) is 102 Å². The van der Waals surface area contributed by atoms with Gasteiger partial charge in [0.05, 0.1) is 24.4 Å². The van der Waals surface area contributed by atoms with Crippen LogP contribution in [0.1, 0.15) is 35.8 Å². The lowest BCUT2D eigenvalue weighted by Crippen LogP contribution is -2.41. The van der Waals surface area contributed by atoms with E-state index in [2.05, 4.69) is 20.4 Å². The van der Waals surface area contributed by atoms with E-state index in [-0.39, 0.29) is 24.1 Å². The first kappa shape index (κ1) is 24.2. The van der Waals surface area contributed by atoms with Gasteiger partial charge in [0.1, 0.15) is 5.56 Å². The second-order valence-corrected chi connectivity index (χ2v) is 7.91. The van der Waals surface area contributed by atoms with Crippen LogP contribution in [0.4, 0.5) is 24.8 Å². The summed E-state index contributed by atoms with van der Waals surface area (Å²) in [6.07, 6.45) is 0.798. The summed E-state index contributed by atoms with van der Waals surface area (Å²) < 4.78 is 46.5. The molecule has 1 saturated heterocycles. The SMILES string of the molecule is CCOC(=O)c1cnn(-c2ccc(NC(=O)C3CCCN(c4ncccn4)C3)cc2)c1C(F)(F)F. The molecule has 2 aromatic heterocycles. The number of hydrogen-bond acceptors (Lipinski definition) is 7. The predicted octanol–water partition coefficient (Wildman–Crippen LogP) is 3.71. The minimum absolute atomic E-state index is 0.0627. The molecule has 1 amide bonds. The maximum atomic E-state index is 13.7. The standard InChI is InChI=1S/C23H23F3N6O3/c1-2-35-21(34)18-13-29-32(19(18)23(24,25)26)17-8-6-16(7-9-17)30-20(33)15-5-3-12-31(14-15)22-27-10-4-11-28-22/h4,6-11,13,15H,2-3,5,12,14H2,1H3,(H,30,33). The lowest BCUT2D eigenvalue weighted by molar-refractivity contribution is -0.143. The highest BCUT2D eigenvalue weighted by molar-refractivity contribution is 5.93. The van der Waals surface area contributed by atoms with Gasteiger partial charge in [-0.3, -0.25) is 4.79 Å². The number of anilines is 2. The van der Waals surface area contributed by atoms with Crippen LogP contribution in [0.25, 0.3) is 5.69 Å². The van der Waals surface area contributed by atoms with E-state index in [0.29, 0.717) is 29.3 Å². The Morgan fingerprint density at radius 2 is 1.89 bits per heavy atom. The molecule has 4 rings (SSSR count). The van der Waals surface area contributed by atoms with E-state index in [0.717, 1.165) is 19.2 Å². The second-order valence-electron chi connectivity index (χ2n) is 7.91. The molecular weight excluding hydrogens is 465 g/mol. The highest BCUT2D eigenvalue weighted by Crippen LogP contribution is 2.34. The summed E-state index contributed by atoms with van der Waals surface area (Å²) in [4.78, 5) is 35.2. The molecule has 0 aliphatic carbocycles. The first-order chi connectivity index (χ1) is 16.8. The van der Waals surface area contributed by atoms with E-state index in [1.165, 1.54) is 31.2 Å². The molecule has 3 heterocycles. The molecule has 12 heteroatoms. The van der Waals surface area contributed by atoms with Crippen molar-refractivity contribution in [3.05, 3.63) is 60.2 Å². The number of carbonyl (C=O) groups excluding carboxylic acids is 2. The normalized spacial score (nSPS) is 16.1. The highest BCUT2D eigenvalue weighted by atomic mass is 19.4. The first-order valence-corrected chi connectivity index (χ1v) is 11.0. The predicted molar refractivity (Wildman–Crippen MR) is 120 cm³/mol. The molecule has 0 spiro atoms. The summed E-state index contributed by atoms with van der Waals surface area (Å²) >= 11 is 0. The van der Waals surface area contributed by atoms with Gasteiger partial charge in [-0.05, 0) is 50.1 Å². The molecule has 1 unspecified atom stereocenters. The number of benzene rings is 1. The van der Waals surface area contributed by atoms with Crippen LogP contribution in [0.15, 0.2) is 48.9 Å². The fourth-order valence-electron chi connectivity index (χ4n) is 3.93.